The van der Waals surface area contributed by atoms with Crippen molar-refractivity contribution in [1.29, 1.82) is 0 Å². The van der Waals surface area contributed by atoms with Crippen LogP contribution in [0.15, 0.2) is 24.3 Å². The fourth-order valence-electron chi connectivity index (χ4n) is 2.29. The lowest BCUT2D eigenvalue weighted by atomic mass is 10.1. The van der Waals surface area contributed by atoms with Gasteiger partial charge < -0.3 is 11.1 Å². The monoisotopic (exact) mass is 276 g/mol. The molecular weight excluding hydrogens is 255 g/mol. The standard InChI is InChI=1S/C15H21FN4/c1-4-13-14(17)15(20(3)19-13)18-10(2)9-11-5-7-12(16)8-6-11/h5-8,10,18H,4,9,17H2,1-3H3. The average Bonchev–Trinajstić information content (AvgIpc) is 2.69. The maximum absolute atomic E-state index is 12.9. The molecule has 1 aromatic carbocycles. The number of anilines is 2. The Balaban J connectivity index is 2.06. The Labute approximate surface area is 118 Å². The number of nitrogens with one attached hydrogen (secondary N) is 1. The Morgan fingerprint density at radius 3 is 2.55 bits per heavy atom. The molecule has 1 atom stereocenters. The van der Waals surface area contributed by atoms with Gasteiger partial charge in [0.2, 0.25) is 0 Å². The molecule has 1 aromatic heterocycles. The van der Waals surface area contributed by atoms with E-state index in [1.165, 1.54) is 12.1 Å². The summed E-state index contributed by atoms with van der Waals surface area (Å²) in [5.41, 5.74) is 8.78. The van der Waals surface area contributed by atoms with Crippen LogP contribution >= 0.6 is 0 Å². The van der Waals surface area contributed by atoms with E-state index < -0.39 is 0 Å². The summed E-state index contributed by atoms with van der Waals surface area (Å²) in [5, 5.41) is 7.76. The summed E-state index contributed by atoms with van der Waals surface area (Å²) in [7, 11) is 1.88. The van der Waals surface area contributed by atoms with Crippen molar-refractivity contribution in [1.82, 2.24) is 9.78 Å². The van der Waals surface area contributed by atoms with Crippen molar-refractivity contribution in [2.75, 3.05) is 11.1 Å². The van der Waals surface area contributed by atoms with Gasteiger partial charge in [-0.3, -0.25) is 4.68 Å². The van der Waals surface area contributed by atoms with Crippen molar-refractivity contribution in [2.24, 2.45) is 7.05 Å². The van der Waals surface area contributed by atoms with E-state index in [-0.39, 0.29) is 11.9 Å². The molecule has 2 aromatic rings. The summed E-state index contributed by atoms with van der Waals surface area (Å²) >= 11 is 0. The van der Waals surface area contributed by atoms with E-state index in [2.05, 4.69) is 17.3 Å². The second-order valence-electron chi connectivity index (χ2n) is 5.06. The first-order valence-corrected chi connectivity index (χ1v) is 6.83. The molecule has 5 heteroatoms. The van der Waals surface area contributed by atoms with Crippen LogP contribution in [0.1, 0.15) is 25.1 Å². The van der Waals surface area contributed by atoms with Crippen LogP contribution in [0.4, 0.5) is 15.9 Å². The number of nitrogen functional groups attached to an aromatic ring is 1. The van der Waals surface area contributed by atoms with Gasteiger partial charge >= 0.3 is 0 Å². The molecule has 0 radical (unpaired) electrons. The lowest BCUT2D eigenvalue weighted by Crippen LogP contribution is -2.20. The molecule has 20 heavy (non-hydrogen) atoms. The summed E-state index contributed by atoms with van der Waals surface area (Å²) < 4.78 is 14.6. The molecule has 1 heterocycles. The minimum Gasteiger partial charge on any atom is -0.394 e. The third-order valence-electron chi connectivity index (χ3n) is 3.33. The van der Waals surface area contributed by atoms with Gasteiger partial charge in [-0.2, -0.15) is 5.10 Å². The average molecular weight is 276 g/mol. The number of benzene rings is 1. The highest BCUT2D eigenvalue weighted by Gasteiger charge is 2.14. The van der Waals surface area contributed by atoms with Gasteiger partial charge in [-0.1, -0.05) is 19.1 Å². The van der Waals surface area contributed by atoms with E-state index in [0.717, 1.165) is 29.9 Å². The van der Waals surface area contributed by atoms with Crippen molar-refractivity contribution in [3.63, 3.8) is 0 Å². The molecule has 0 fully saturated rings. The van der Waals surface area contributed by atoms with Crippen LogP contribution in [0.2, 0.25) is 0 Å². The maximum Gasteiger partial charge on any atom is 0.147 e. The second-order valence-corrected chi connectivity index (χ2v) is 5.06. The van der Waals surface area contributed by atoms with Gasteiger partial charge in [0.15, 0.2) is 0 Å². The largest absolute Gasteiger partial charge is 0.394 e. The summed E-state index contributed by atoms with van der Waals surface area (Å²) in [6, 6.07) is 6.75. The number of nitrogens with two attached hydrogens (primary N) is 1. The van der Waals surface area contributed by atoms with Gasteiger partial charge in [-0.15, -0.1) is 0 Å². The Bertz CT molecular complexity index is 574. The van der Waals surface area contributed by atoms with Gasteiger partial charge in [0, 0.05) is 13.1 Å². The van der Waals surface area contributed by atoms with Gasteiger partial charge in [0.05, 0.1) is 11.4 Å². The smallest absolute Gasteiger partial charge is 0.147 e. The lowest BCUT2D eigenvalue weighted by molar-refractivity contribution is 0.626. The SMILES string of the molecule is CCc1nn(C)c(NC(C)Cc2ccc(F)cc2)c1N. The Kier molecular flexibility index (Phi) is 4.27. The predicted molar refractivity (Wildman–Crippen MR) is 80.2 cm³/mol. The third-order valence-corrected chi connectivity index (χ3v) is 3.33. The summed E-state index contributed by atoms with van der Waals surface area (Å²) in [4.78, 5) is 0. The summed E-state index contributed by atoms with van der Waals surface area (Å²) in [5.74, 6) is 0.634. The maximum atomic E-state index is 12.9. The Hall–Kier alpha value is -2.04. The fraction of sp³-hybridized carbons (Fsp3) is 0.400. The molecule has 0 amide bonds. The quantitative estimate of drug-likeness (QED) is 0.883. The minimum atomic E-state index is -0.210. The van der Waals surface area contributed by atoms with E-state index in [4.69, 9.17) is 5.73 Å². The minimum absolute atomic E-state index is 0.183. The molecule has 0 saturated carbocycles. The van der Waals surface area contributed by atoms with Crippen molar-refractivity contribution in [3.05, 3.63) is 41.3 Å². The number of halogens is 1. The van der Waals surface area contributed by atoms with Crippen LogP contribution in [0.5, 0.6) is 0 Å². The van der Waals surface area contributed by atoms with Crippen molar-refractivity contribution < 1.29 is 4.39 Å². The Morgan fingerprint density at radius 2 is 2.00 bits per heavy atom. The van der Waals surface area contributed by atoms with Crippen LogP contribution in [0, 0.1) is 5.82 Å². The highest BCUT2D eigenvalue weighted by molar-refractivity contribution is 5.65. The third kappa shape index (κ3) is 3.10. The second kappa shape index (κ2) is 5.94. The summed E-state index contributed by atoms with van der Waals surface area (Å²) in [6.07, 6.45) is 1.61. The lowest BCUT2D eigenvalue weighted by Gasteiger charge is -2.16. The number of hydrogen-bond acceptors (Lipinski definition) is 3. The van der Waals surface area contributed by atoms with Crippen molar-refractivity contribution in [2.45, 2.75) is 32.7 Å². The van der Waals surface area contributed by atoms with Crippen LogP contribution in [0.3, 0.4) is 0 Å². The number of aryl methyl sites for hydroxylation is 2. The Morgan fingerprint density at radius 1 is 1.35 bits per heavy atom. The number of hydrogen-bond donors (Lipinski definition) is 2. The predicted octanol–water partition coefficient (Wildman–Crippen LogP) is 2.75. The molecule has 4 nitrogen and oxygen atoms in total. The van der Waals surface area contributed by atoms with Crippen LogP contribution < -0.4 is 11.1 Å². The molecule has 0 spiro atoms. The molecule has 0 aliphatic carbocycles. The van der Waals surface area contributed by atoms with Gasteiger partial charge in [-0.25, -0.2) is 4.39 Å². The van der Waals surface area contributed by atoms with Gasteiger partial charge in [0.25, 0.3) is 0 Å². The van der Waals surface area contributed by atoms with E-state index in [0.29, 0.717) is 5.69 Å². The first kappa shape index (κ1) is 14.4. The highest BCUT2D eigenvalue weighted by Crippen LogP contribution is 2.23. The fourth-order valence-corrected chi connectivity index (χ4v) is 2.29. The van der Waals surface area contributed by atoms with E-state index in [1.54, 1.807) is 16.8 Å². The molecule has 1 unspecified atom stereocenters. The molecule has 0 saturated heterocycles. The zero-order valence-electron chi connectivity index (χ0n) is 12.2. The summed E-state index contributed by atoms with van der Waals surface area (Å²) in [6.45, 7) is 4.10. The number of nitrogens with zero attached hydrogens (tertiary/aromatic N) is 2. The van der Waals surface area contributed by atoms with E-state index in [1.807, 2.05) is 14.0 Å². The first-order chi connectivity index (χ1) is 9.51. The van der Waals surface area contributed by atoms with Gasteiger partial charge in [-0.05, 0) is 37.5 Å². The van der Waals surface area contributed by atoms with Crippen molar-refractivity contribution in [3.8, 4) is 0 Å². The number of aromatic nitrogens is 2. The molecule has 3 N–H and O–H groups in total. The van der Waals surface area contributed by atoms with Crippen LogP contribution in [-0.2, 0) is 19.9 Å². The molecular formula is C15H21FN4. The normalized spacial score (nSPS) is 12.4. The van der Waals surface area contributed by atoms with Gasteiger partial charge in [0.1, 0.15) is 11.6 Å². The van der Waals surface area contributed by atoms with Crippen molar-refractivity contribution >= 4 is 11.5 Å². The molecule has 108 valence electrons. The zero-order valence-corrected chi connectivity index (χ0v) is 12.2. The van der Waals surface area contributed by atoms with E-state index >= 15 is 0 Å². The highest BCUT2D eigenvalue weighted by atomic mass is 19.1. The zero-order chi connectivity index (χ0) is 14.7. The van der Waals surface area contributed by atoms with Crippen LogP contribution in [0.25, 0.3) is 0 Å². The molecule has 0 aliphatic rings. The first-order valence-electron chi connectivity index (χ1n) is 6.83. The van der Waals surface area contributed by atoms with E-state index in [9.17, 15) is 4.39 Å². The molecule has 0 bridgehead atoms. The number of rotatable bonds is 5. The molecule has 0 aliphatic heterocycles. The molecule has 2 rings (SSSR count). The topological polar surface area (TPSA) is 55.9 Å². The van der Waals surface area contributed by atoms with Crippen LogP contribution in [-0.4, -0.2) is 15.8 Å².